The molecule has 2 aromatic rings. The van der Waals surface area contributed by atoms with Gasteiger partial charge in [-0.05, 0) is 62.7 Å². The molecule has 2 amide bonds. The summed E-state index contributed by atoms with van der Waals surface area (Å²) in [5.74, 6) is 0.427. The van der Waals surface area contributed by atoms with Gasteiger partial charge >= 0.3 is 0 Å². The van der Waals surface area contributed by atoms with Crippen molar-refractivity contribution in [1.29, 1.82) is 0 Å². The average molecular weight is 408 g/mol. The van der Waals surface area contributed by atoms with Gasteiger partial charge in [0, 0.05) is 12.6 Å². The lowest BCUT2D eigenvalue weighted by Crippen LogP contribution is -2.48. The molecule has 0 radical (unpaired) electrons. The summed E-state index contributed by atoms with van der Waals surface area (Å²) in [6.45, 7) is 5.44. The van der Waals surface area contributed by atoms with E-state index in [2.05, 4.69) is 34.5 Å². The van der Waals surface area contributed by atoms with Gasteiger partial charge in [-0.25, -0.2) is 4.90 Å². The standard InChI is InChI=1S/C24H29N3O3/c1-2-30-21-10-8-20(9-11-21)27-23(28)16-22(24(27)29)25-19-12-14-26(15-13-19)17-18-6-4-3-5-7-18/h3-11,19,22,25H,2,12-17H2,1H3. The molecule has 0 bridgehead atoms. The molecule has 6 heteroatoms. The van der Waals surface area contributed by atoms with Crippen LogP contribution in [0.5, 0.6) is 5.75 Å². The Bertz CT molecular complexity index is 861. The molecular formula is C24H29N3O3. The van der Waals surface area contributed by atoms with Crippen LogP contribution >= 0.6 is 0 Å². The van der Waals surface area contributed by atoms with Crippen LogP contribution in [-0.2, 0) is 16.1 Å². The van der Waals surface area contributed by atoms with Crippen LogP contribution in [0, 0.1) is 0 Å². The van der Waals surface area contributed by atoms with E-state index in [1.54, 1.807) is 24.3 Å². The average Bonchev–Trinajstić information content (AvgIpc) is 3.04. The number of ether oxygens (including phenoxy) is 1. The number of piperidine rings is 1. The van der Waals surface area contributed by atoms with Crippen LogP contribution in [0.25, 0.3) is 0 Å². The summed E-state index contributed by atoms with van der Waals surface area (Å²) < 4.78 is 5.44. The Morgan fingerprint density at radius 3 is 2.37 bits per heavy atom. The predicted molar refractivity (Wildman–Crippen MR) is 116 cm³/mol. The number of hydrogen-bond donors (Lipinski definition) is 1. The molecule has 0 aliphatic carbocycles. The van der Waals surface area contributed by atoms with Crippen molar-refractivity contribution >= 4 is 17.5 Å². The van der Waals surface area contributed by atoms with Crippen molar-refractivity contribution in [3.05, 3.63) is 60.2 Å². The Balaban J connectivity index is 1.30. The second kappa shape index (κ2) is 9.41. The van der Waals surface area contributed by atoms with E-state index in [9.17, 15) is 9.59 Å². The van der Waals surface area contributed by atoms with Crippen LogP contribution < -0.4 is 15.0 Å². The predicted octanol–water partition coefficient (Wildman–Crippen LogP) is 2.97. The molecule has 2 aliphatic rings. The summed E-state index contributed by atoms with van der Waals surface area (Å²) in [6.07, 6.45) is 2.18. The third kappa shape index (κ3) is 4.71. The molecular weight excluding hydrogens is 378 g/mol. The third-order valence-electron chi connectivity index (χ3n) is 5.83. The number of carbonyl (C=O) groups is 2. The molecule has 2 aliphatic heterocycles. The molecule has 2 heterocycles. The minimum atomic E-state index is -0.435. The highest BCUT2D eigenvalue weighted by Gasteiger charge is 2.40. The fourth-order valence-corrected chi connectivity index (χ4v) is 4.28. The van der Waals surface area contributed by atoms with E-state index in [0.29, 0.717) is 12.3 Å². The van der Waals surface area contributed by atoms with Crippen molar-refractivity contribution in [2.45, 2.75) is 44.8 Å². The highest BCUT2D eigenvalue weighted by atomic mass is 16.5. The minimum absolute atomic E-state index is 0.150. The lowest BCUT2D eigenvalue weighted by molar-refractivity contribution is -0.121. The molecule has 0 aromatic heterocycles. The number of benzene rings is 2. The number of hydrogen-bond acceptors (Lipinski definition) is 5. The SMILES string of the molecule is CCOc1ccc(N2C(=O)CC(NC3CCN(Cc4ccccc4)CC3)C2=O)cc1. The maximum atomic E-state index is 12.9. The number of rotatable bonds is 7. The summed E-state index contributed by atoms with van der Waals surface area (Å²) in [5, 5.41) is 3.45. The summed E-state index contributed by atoms with van der Waals surface area (Å²) in [7, 11) is 0. The molecule has 2 fully saturated rings. The Morgan fingerprint density at radius 1 is 1.00 bits per heavy atom. The zero-order valence-corrected chi connectivity index (χ0v) is 17.4. The first-order chi connectivity index (χ1) is 14.6. The van der Waals surface area contributed by atoms with Crippen LogP contribution in [0.3, 0.4) is 0 Å². The van der Waals surface area contributed by atoms with Gasteiger partial charge in [-0.2, -0.15) is 0 Å². The molecule has 1 atom stereocenters. The van der Waals surface area contributed by atoms with E-state index in [1.165, 1.54) is 10.5 Å². The Morgan fingerprint density at radius 2 is 1.70 bits per heavy atom. The smallest absolute Gasteiger partial charge is 0.251 e. The second-order valence-corrected chi connectivity index (χ2v) is 7.95. The largest absolute Gasteiger partial charge is 0.494 e. The van der Waals surface area contributed by atoms with E-state index >= 15 is 0 Å². The number of anilines is 1. The molecule has 0 spiro atoms. The summed E-state index contributed by atoms with van der Waals surface area (Å²) in [5.41, 5.74) is 1.93. The van der Waals surface area contributed by atoms with Crippen molar-refractivity contribution < 1.29 is 14.3 Å². The molecule has 2 aromatic carbocycles. The second-order valence-electron chi connectivity index (χ2n) is 7.95. The van der Waals surface area contributed by atoms with Crippen LogP contribution in [0.15, 0.2) is 54.6 Å². The monoisotopic (exact) mass is 407 g/mol. The van der Waals surface area contributed by atoms with E-state index in [4.69, 9.17) is 4.74 Å². The zero-order valence-electron chi connectivity index (χ0n) is 17.4. The Hall–Kier alpha value is -2.70. The summed E-state index contributed by atoms with van der Waals surface area (Å²) in [4.78, 5) is 29.2. The van der Waals surface area contributed by atoms with Gasteiger partial charge < -0.3 is 10.1 Å². The van der Waals surface area contributed by atoms with E-state index in [1.807, 2.05) is 13.0 Å². The molecule has 30 heavy (non-hydrogen) atoms. The van der Waals surface area contributed by atoms with Crippen molar-refractivity contribution in [2.24, 2.45) is 0 Å². The maximum absolute atomic E-state index is 12.9. The van der Waals surface area contributed by atoms with Gasteiger partial charge in [0.2, 0.25) is 5.91 Å². The quantitative estimate of drug-likeness (QED) is 0.715. The Kier molecular flexibility index (Phi) is 6.45. The van der Waals surface area contributed by atoms with Crippen molar-refractivity contribution in [2.75, 3.05) is 24.6 Å². The lowest BCUT2D eigenvalue weighted by Gasteiger charge is -2.33. The lowest BCUT2D eigenvalue weighted by atomic mass is 10.0. The van der Waals surface area contributed by atoms with Crippen molar-refractivity contribution in [3.8, 4) is 5.75 Å². The third-order valence-corrected chi connectivity index (χ3v) is 5.83. The number of likely N-dealkylation sites (tertiary alicyclic amines) is 1. The van der Waals surface area contributed by atoms with Crippen LogP contribution in [0.1, 0.15) is 31.7 Å². The van der Waals surface area contributed by atoms with Gasteiger partial charge in [-0.1, -0.05) is 30.3 Å². The van der Waals surface area contributed by atoms with Gasteiger partial charge in [0.15, 0.2) is 0 Å². The topological polar surface area (TPSA) is 61.9 Å². The minimum Gasteiger partial charge on any atom is -0.494 e. The molecule has 1 N–H and O–H groups in total. The van der Waals surface area contributed by atoms with Gasteiger partial charge in [-0.3, -0.25) is 14.5 Å². The zero-order chi connectivity index (χ0) is 20.9. The first kappa shape index (κ1) is 20.6. The van der Waals surface area contributed by atoms with E-state index in [0.717, 1.165) is 38.2 Å². The highest BCUT2D eigenvalue weighted by Crippen LogP contribution is 2.26. The number of amides is 2. The number of nitrogens with zero attached hydrogens (tertiary/aromatic N) is 2. The van der Waals surface area contributed by atoms with Gasteiger partial charge in [0.25, 0.3) is 5.91 Å². The van der Waals surface area contributed by atoms with Gasteiger partial charge in [-0.15, -0.1) is 0 Å². The molecule has 1 unspecified atom stereocenters. The summed E-state index contributed by atoms with van der Waals surface area (Å²) in [6, 6.07) is 17.4. The highest BCUT2D eigenvalue weighted by molar-refractivity contribution is 6.22. The van der Waals surface area contributed by atoms with E-state index in [-0.39, 0.29) is 24.3 Å². The number of imide groups is 1. The first-order valence-corrected chi connectivity index (χ1v) is 10.8. The van der Waals surface area contributed by atoms with Gasteiger partial charge in [0.1, 0.15) is 5.75 Å². The fourth-order valence-electron chi connectivity index (χ4n) is 4.28. The molecule has 6 nitrogen and oxygen atoms in total. The van der Waals surface area contributed by atoms with Crippen molar-refractivity contribution in [1.82, 2.24) is 10.2 Å². The van der Waals surface area contributed by atoms with Crippen LogP contribution in [0.4, 0.5) is 5.69 Å². The van der Waals surface area contributed by atoms with Gasteiger partial charge in [0.05, 0.1) is 24.8 Å². The molecule has 2 saturated heterocycles. The first-order valence-electron chi connectivity index (χ1n) is 10.8. The normalized spacial score (nSPS) is 20.7. The fraction of sp³-hybridized carbons (Fsp3) is 0.417. The Labute approximate surface area is 177 Å². The maximum Gasteiger partial charge on any atom is 0.251 e. The van der Waals surface area contributed by atoms with Crippen molar-refractivity contribution in [3.63, 3.8) is 0 Å². The number of carbonyl (C=O) groups excluding carboxylic acids is 2. The summed E-state index contributed by atoms with van der Waals surface area (Å²) >= 11 is 0. The van der Waals surface area contributed by atoms with Crippen LogP contribution in [-0.4, -0.2) is 48.5 Å². The van der Waals surface area contributed by atoms with E-state index < -0.39 is 6.04 Å². The van der Waals surface area contributed by atoms with Crippen LogP contribution in [0.2, 0.25) is 0 Å². The molecule has 4 rings (SSSR count). The molecule has 0 saturated carbocycles. The number of nitrogens with one attached hydrogen (secondary N) is 1. The molecule has 158 valence electrons.